The van der Waals surface area contributed by atoms with E-state index in [0.717, 1.165) is 45.7 Å². The van der Waals surface area contributed by atoms with Gasteiger partial charge in [0.25, 0.3) is 0 Å². The number of hydrogen-bond acceptors (Lipinski definition) is 6. The van der Waals surface area contributed by atoms with Crippen molar-refractivity contribution in [3.05, 3.63) is 35.4 Å². The first-order valence-electron chi connectivity index (χ1n) is 11.4. The van der Waals surface area contributed by atoms with Crippen molar-refractivity contribution in [3.63, 3.8) is 0 Å². The Balaban J connectivity index is 1.34. The number of nitriles is 1. The first kappa shape index (κ1) is 24.5. The number of carboxylic acid groups (broad SMARTS) is 1. The Bertz CT molecular complexity index is 773. The van der Waals surface area contributed by atoms with Crippen LogP contribution in [0.4, 0.5) is 4.79 Å². The zero-order valence-electron chi connectivity index (χ0n) is 19.5. The fourth-order valence-electron chi connectivity index (χ4n) is 4.42. The Kier molecular flexibility index (Phi) is 8.49. The van der Waals surface area contributed by atoms with Crippen molar-refractivity contribution in [2.75, 3.05) is 59.0 Å². The molecule has 0 aliphatic carbocycles. The number of amides is 1. The maximum atomic E-state index is 11.6. The van der Waals surface area contributed by atoms with Crippen LogP contribution in [0.15, 0.2) is 24.3 Å². The van der Waals surface area contributed by atoms with Gasteiger partial charge in [0.2, 0.25) is 0 Å². The number of fused-ring (bicyclic) bond motifs is 2. The zero-order chi connectivity index (χ0) is 23.1. The molecule has 1 aromatic carbocycles. The minimum Gasteiger partial charge on any atom is -0.465 e. The van der Waals surface area contributed by atoms with Crippen LogP contribution in [0.1, 0.15) is 31.9 Å². The molecule has 0 radical (unpaired) electrons. The first-order chi connectivity index (χ1) is 15.2. The lowest BCUT2D eigenvalue weighted by Crippen LogP contribution is -2.60. The lowest BCUT2D eigenvalue weighted by atomic mass is 10.1. The van der Waals surface area contributed by atoms with Crippen molar-refractivity contribution in [2.24, 2.45) is 0 Å². The van der Waals surface area contributed by atoms with Crippen molar-refractivity contribution >= 4 is 6.09 Å². The van der Waals surface area contributed by atoms with Gasteiger partial charge in [-0.05, 0) is 44.9 Å². The molecule has 1 amide bonds. The van der Waals surface area contributed by atoms with Crippen LogP contribution in [0.5, 0.6) is 0 Å². The van der Waals surface area contributed by atoms with Crippen LogP contribution in [0.2, 0.25) is 0 Å². The highest BCUT2D eigenvalue weighted by molar-refractivity contribution is 5.65. The summed E-state index contributed by atoms with van der Waals surface area (Å²) in [5, 5.41) is 18.3. The number of ether oxygens (including phenoxy) is 2. The Morgan fingerprint density at radius 1 is 1.12 bits per heavy atom. The Hall–Kier alpha value is -2.18. The number of morpholine rings is 2. The second-order valence-corrected chi connectivity index (χ2v) is 9.68. The fourth-order valence-corrected chi connectivity index (χ4v) is 4.42. The van der Waals surface area contributed by atoms with Crippen molar-refractivity contribution < 1.29 is 19.4 Å². The largest absolute Gasteiger partial charge is 0.465 e. The summed E-state index contributed by atoms with van der Waals surface area (Å²) in [4.78, 5) is 17.8. The topological polar surface area (TPSA) is 89.3 Å². The van der Waals surface area contributed by atoms with Gasteiger partial charge >= 0.3 is 6.09 Å². The number of hydrogen-bond donors (Lipinski definition) is 1. The van der Waals surface area contributed by atoms with Crippen molar-refractivity contribution in [1.82, 2.24) is 14.7 Å². The quantitative estimate of drug-likeness (QED) is 0.585. The van der Waals surface area contributed by atoms with Crippen LogP contribution >= 0.6 is 0 Å². The summed E-state index contributed by atoms with van der Waals surface area (Å²) < 4.78 is 12.0. The van der Waals surface area contributed by atoms with Gasteiger partial charge in [-0.1, -0.05) is 12.1 Å². The third kappa shape index (κ3) is 7.17. The van der Waals surface area contributed by atoms with Gasteiger partial charge in [-0.25, -0.2) is 4.79 Å². The lowest BCUT2D eigenvalue weighted by molar-refractivity contribution is -0.141. The third-order valence-corrected chi connectivity index (χ3v) is 6.08. The highest BCUT2D eigenvalue weighted by Gasteiger charge is 2.35. The molecule has 0 aromatic heterocycles. The Morgan fingerprint density at radius 2 is 1.72 bits per heavy atom. The normalized spacial score (nSPS) is 21.8. The minimum atomic E-state index is -0.865. The molecule has 8 heteroatoms. The van der Waals surface area contributed by atoms with Crippen LogP contribution in [0, 0.1) is 11.3 Å². The highest BCUT2D eigenvalue weighted by atomic mass is 16.5. The predicted molar refractivity (Wildman–Crippen MR) is 122 cm³/mol. The molecular weight excluding hydrogens is 408 g/mol. The molecule has 2 bridgehead atoms. The van der Waals surface area contributed by atoms with E-state index in [1.54, 1.807) is 0 Å². The molecule has 2 unspecified atom stereocenters. The molecule has 2 heterocycles. The number of nitrogens with zero attached hydrogens (tertiary/aromatic N) is 4. The Morgan fingerprint density at radius 3 is 2.25 bits per heavy atom. The van der Waals surface area contributed by atoms with Crippen LogP contribution < -0.4 is 0 Å². The SMILES string of the molecule is CC(C)(C)N(CCN1CC2CN(CCOCCc3ccc(C#N)cc3)CC(C1)O2)C(=O)O. The van der Waals surface area contributed by atoms with E-state index < -0.39 is 11.6 Å². The van der Waals surface area contributed by atoms with Crippen LogP contribution in [0.25, 0.3) is 0 Å². The fraction of sp³-hybridized carbons (Fsp3) is 0.667. The van der Waals surface area contributed by atoms with E-state index in [1.165, 1.54) is 10.5 Å². The van der Waals surface area contributed by atoms with Crippen LogP contribution in [-0.4, -0.2) is 103 Å². The maximum Gasteiger partial charge on any atom is 0.407 e. The molecule has 2 saturated heterocycles. The maximum absolute atomic E-state index is 11.6. The summed E-state index contributed by atoms with van der Waals surface area (Å²) in [5.41, 5.74) is 1.46. The summed E-state index contributed by atoms with van der Waals surface area (Å²) in [5.74, 6) is 0. The summed E-state index contributed by atoms with van der Waals surface area (Å²) in [6.07, 6.45) is 0.302. The molecule has 176 valence electrons. The number of rotatable bonds is 9. The molecule has 32 heavy (non-hydrogen) atoms. The van der Waals surface area contributed by atoms with Crippen LogP contribution in [0.3, 0.4) is 0 Å². The van der Waals surface area contributed by atoms with E-state index in [4.69, 9.17) is 14.7 Å². The molecule has 8 nitrogen and oxygen atoms in total. The van der Waals surface area contributed by atoms with Gasteiger partial charge in [-0.15, -0.1) is 0 Å². The van der Waals surface area contributed by atoms with Gasteiger partial charge in [0.05, 0.1) is 37.1 Å². The standard InChI is InChI=1S/C24H36N4O4/c1-24(2,3)28(23(29)30)10-9-26-15-21-17-27(18-22(16-26)32-21)11-13-31-12-8-19-4-6-20(14-25)7-5-19/h4-7,21-22H,8-13,15-18H2,1-3H3,(H,29,30). The average molecular weight is 445 g/mol. The average Bonchev–Trinajstić information content (AvgIpc) is 2.72. The van der Waals surface area contributed by atoms with Gasteiger partial charge in [-0.2, -0.15) is 5.26 Å². The van der Waals surface area contributed by atoms with Crippen molar-refractivity contribution in [1.29, 1.82) is 5.26 Å². The van der Waals surface area contributed by atoms with Gasteiger partial charge < -0.3 is 19.5 Å². The third-order valence-electron chi connectivity index (χ3n) is 6.08. The van der Waals surface area contributed by atoms with Gasteiger partial charge in [0.15, 0.2) is 0 Å². The highest BCUT2D eigenvalue weighted by Crippen LogP contribution is 2.20. The second-order valence-electron chi connectivity index (χ2n) is 9.68. The van der Waals surface area contributed by atoms with E-state index in [-0.39, 0.29) is 12.2 Å². The predicted octanol–water partition coefficient (Wildman–Crippen LogP) is 2.28. The number of benzene rings is 1. The molecule has 2 fully saturated rings. The van der Waals surface area contributed by atoms with Gasteiger partial charge in [0.1, 0.15) is 0 Å². The van der Waals surface area contributed by atoms with E-state index in [2.05, 4.69) is 15.9 Å². The molecular formula is C24H36N4O4. The summed E-state index contributed by atoms with van der Waals surface area (Å²) in [6, 6.07) is 9.77. The van der Waals surface area contributed by atoms with Crippen molar-refractivity contribution in [3.8, 4) is 6.07 Å². The van der Waals surface area contributed by atoms with E-state index in [9.17, 15) is 9.90 Å². The summed E-state index contributed by atoms with van der Waals surface area (Å²) in [7, 11) is 0. The van der Waals surface area contributed by atoms with Gasteiger partial charge in [-0.3, -0.25) is 9.80 Å². The summed E-state index contributed by atoms with van der Waals surface area (Å²) in [6.45, 7) is 12.7. The molecule has 2 aliphatic heterocycles. The van der Waals surface area contributed by atoms with Crippen molar-refractivity contribution in [2.45, 2.75) is 44.9 Å². The molecule has 1 aromatic rings. The molecule has 3 rings (SSSR count). The van der Waals surface area contributed by atoms with E-state index in [1.807, 2.05) is 45.0 Å². The Labute approximate surface area is 191 Å². The summed E-state index contributed by atoms with van der Waals surface area (Å²) >= 11 is 0. The first-order valence-corrected chi connectivity index (χ1v) is 11.4. The zero-order valence-corrected chi connectivity index (χ0v) is 19.5. The van der Waals surface area contributed by atoms with Gasteiger partial charge in [0, 0.05) is 51.4 Å². The monoisotopic (exact) mass is 444 g/mol. The number of carbonyl (C=O) groups is 1. The van der Waals surface area contributed by atoms with E-state index >= 15 is 0 Å². The molecule has 2 atom stereocenters. The lowest BCUT2D eigenvalue weighted by Gasteiger charge is -2.46. The molecule has 1 N–H and O–H groups in total. The van der Waals surface area contributed by atoms with Crippen LogP contribution in [-0.2, 0) is 15.9 Å². The molecule has 0 saturated carbocycles. The minimum absolute atomic E-state index is 0.161. The second kappa shape index (κ2) is 11.1. The van der Waals surface area contributed by atoms with E-state index in [0.29, 0.717) is 25.3 Å². The smallest absolute Gasteiger partial charge is 0.407 e. The molecule has 0 spiro atoms. The molecule has 2 aliphatic rings.